The van der Waals surface area contributed by atoms with Crippen molar-refractivity contribution in [2.75, 3.05) is 26.2 Å². The maximum atomic E-state index is 12.8. The van der Waals surface area contributed by atoms with E-state index in [1.54, 1.807) is 18.6 Å². The third-order valence-electron chi connectivity index (χ3n) is 2.47. The van der Waals surface area contributed by atoms with Crippen LogP contribution in [-0.4, -0.2) is 62.2 Å². The molecule has 9 heteroatoms. The first kappa shape index (κ1) is 15.7. The van der Waals surface area contributed by atoms with Crippen molar-refractivity contribution in [1.82, 2.24) is 9.03 Å². The van der Waals surface area contributed by atoms with Crippen LogP contribution in [0.15, 0.2) is 0 Å². The van der Waals surface area contributed by atoms with E-state index in [-0.39, 0.29) is 25.3 Å². The van der Waals surface area contributed by atoms with Crippen molar-refractivity contribution < 1.29 is 27.0 Å². The Bertz CT molecular complexity index is 367. The monoisotopic (exact) mass is 288 g/mol. The number of halogens is 2. The number of aliphatic hydroxyl groups is 1. The molecule has 18 heavy (non-hydrogen) atoms. The van der Waals surface area contributed by atoms with E-state index in [1.807, 2.05) is 0 Å². The Hall–Kier alpha value is -0.350. The number of nitrogens with one attached hydrogen (secondary N) is 1. The summed E-state index contributed by atoms with van der Waals surface area (Å²) < 4.78 is 57.4. The van der Waals surface area contributed by atoms with Gasteiger partial charge >= 0.3 is 0 Å². The number of rotatable bonds is 5. The van der Waals surface area contributed by atoms with E-state index < -0.39 is 29.3 Å². The van der Waals surface area contributed by atoms with Crippen LogP contribution in [0.4, 0.5) is 8.78 Å². The Balaban J connectivity index is 2.63. The van der Waals surface area contributed by atoms with Gasteiger partial charge in [-0.25, -0.2) is 8.78 Å². The number of morpholine rings is 1. The van der Waals surface area contributed by atoms with Crippen LogP contribution in [0.3, 0.4) is 0 Å². The predicted molar refractivity (Wildman–Crippen MR) is 60.5 cm³/mol. The second-order valence-electron chi connectivity index (χ2n) is 4.41. The molecule has 108 valence electrons. The van der Waals surface area contributed by atoms with Gasteiger partial charge in [-0.3, -0.25) is 0 Å². The van der Waals surface area contributed by atoms with Crippen molar-refractivity contribution in [1.29, 1.82) is 0 Å². The minimum atomic E-state index is -3.98. The first-order chi connectivity index (χ1) is 8.16. The van der Waals surface area contributed by atoms with Crippen molar-refractivity contribution >= 4 is 10.2 Å². The van der Waals surface area contributed by atoms with Crippen LogP contribution in [0.25, 0.3) is 0 Å². The highest BCUT2D eigenvalue weighted by atomic mass is 32.2. The molecule has 0 aromatic heterocycles. The standard InChI is InChI=1S/C9H18F2N2O4S/c1-7-3-13(4-8(2)17-7)18(15,16)12-5-9(10,11)6-14/h7-8,12,14H,3-6H2,1-2H3. The lowest BCUT2D eigenvalue weighted by Crippen LogP contribution is -2.53. The van der Waals surface area contributed by atoms with Crippen LogP contribution >= 0.6 is 0 Å². The van der Waals surface area contributed by atoms with Gasteiger partial charge < -0.3 is 9.84 Å². The Kier molecular flexibility index (Phi) is 5.01. The number of hydrogen-bond donors (Lipinski definition) is 2. The first-order valence-electron chi connectivity index (χ1n) is 5.55. The van der Waals surface area contributed by atoms with Gasteiger partial charge in [-0.15, -0.1) is 0 Å². The zero-order chi connectivity index (χ0) is 14.0. The molecule has 1 aliphatic heterocycles. The van der Waals surface area contributed by atoms with Crippen molar-refractivity contribution in [3.63, 3.8) is 0 Å². The van der Waals surface area contributed by atoms with E-state index in [1.165, 1.54) is 0 Å². The second-order valence-corrected chi connectivity index (χ2v) is 6.17. The number of alkyl halides is 2. The normalized spacial score (nSPS) is 27.4. The maximum absolute atomic E-state index is 12.8. The summed E-state index contributed by atoms with van der Waals surface area (Å²) in [5, 5.41) is 8.37. The summed E-state index contributed by atoms with van der Waals surface area (Å²) in [4.78, 5) is 0. The summed E-state index contributed by atoms with van der Waals surface area (Å²) in [5.74, 6) is -3.46. The van der Waals surface area contributed by atoms with Crippen LogP contribution in [0.2, 0.25) is 0 Å². The van der Waals surface area contributed by atoms with Crippen LogP contribution < -0.4 is 4.72 Å². The molecule has 2 atom stereocenters. The van der Waals surface area contributed by atoms with Gasteiger partial charge in [0, 0.05) is 13.1 Å². The molecule has 1 rings (SSSR count). The van der Waals surface area contributed by atoms with Gasteiger partial charge in [0.05, 0.1) is 18.8 Å². The number of aliphatic hydroxyl groups excluding tert-OH is 1. The lowest BCUT2D eigenvalue weighted by molar-refractivity contribution is -0.0488. The van der Waals surface area contributed by atoms with Crippen LogP contribution in [-0.2, 0) is 14.9 Å². The molecule has 2 unspecified atom stereocenters. The number of hydrogen-bond acceptors (Lipinski definition) is 4. The number of nitrogens with zero attached hydrogens (tertiary/aromatic N) is 1. The van der Waals surface area contributed by atoms with Gasteiger partial charge in [-0.2, -0.15) is 17.4 Å². The van der Waals surface area contributed by atoms with E-state index >= 15 is 0 Å². The minimum Gasteiger partial charge on any atom is -0.390 e. The van der Waals surface area contributed by atoms with Gasteiger partial charge in [0.1, 0.15) is 6.61 Å². The zero-order valence-electron chi connectivity index (χ0n) is 10.3. The summed E-state index contributed by atoms with van der Waals surface area (Å²) in [7, 11) is -3.98. The van der Waals surface area contributed by atoms with Gasteiger partial charge in [0.25, 0.3) is 16.1 Å². The highest BCUT2D eigenvalue weighted by Gasteiger charge is 2.34. The third-order valence-corrected chi connectivity index (χ3v) is 3.96. The summed E-state index contributed by atoms with van der Waals surface area (Å²) in [6.07, 6.45) is -0.577. The number of ether oxygens (including phenoxy) is 1. The summed E-state index contributed by atoms with van der Waals surface area (Å²) in [6.45, 7) is 1.13. The van der Waals surface area contributed by atoms with Crippen molar-refractivity contribution in [3.05, 3.63) is 0 Å². The molecule has 0 aliphatic carbocycles. The predicted octanol–water partition coefficient (Wildman–Crippen LogP) is -0.442. The molecule has 0 saturated carbocycles. The lowest BCUT2D eigenvalue weighted by atomic mass is 10.3. The van der Waals surface area contributed by atoms with Crippen molar-refractivity contribution in [2.45, 2.75) is 32.0 Å². The van der Waals surface area contributed by atoms with E-state index in [9.17, 15) is 17.2 Å². The smallest absolute Gasteiger partial charge is 0.283 e. The lowest BCUT2D eigenvalue weighted by Gasteiger charge is -2.34. The molecule has 0 spiro atoms. The highest BCUT2D eigenvalue weighted by molar-refractivity contribution is 7.87. The fourth-order valence-electron chi connectivity index (χ4n) is 1.67. The zero-order valence-corrected chi connectivity index (χ0v) is 11.1. The van der Waals surface area contributed by atoms with Crippen LogP contribution in [0.1, 0.15) is 13.8 Å². The van der Waals surface area contributed by atoms with Gasteiger partial charge in [-0.1, -0.05) is 0 Å². The quantitative estimate of drug-likeness (QED) is 0.719. The average Bonchev–Trinajstić information content (AvgIpc) is 2.25. The van der Waals surface area contributed by atoms with E-state index in [0.29, 0.717) is 0 Å². The Morgan fingerprint density at radius 2 is 1.89 bits per heavy atom. The molecule has 0 aromatic rings. The third kappa shape index (κ3) is 4.39. The average molecular weight is 288 g/mol. The minimum absolute atomic E-state index is 0.115. The molecular formula is C9H18F2N2O4S. The van der Waals surface area contributed by atoms with Crippen LogP contribution in [0, 0.1) is 0 Å². The second kappa shape index (κ2) is 5.74. The molecule has 0 aromatic carbocycles. The molecule has 1 saturated heterocycles. The Morgan fingerprint density at radius 3 is 2.33 bits per heavy atom. The highest BCUT2D eigenvalue weighted by Crippen LogP contribution is 2.15. The first-order valence-corrected chi connectivity index (χ1v) is 6.99. The SMILES string of the molecule is CC1CN(S(=O)(=O)NCC(F)(F)CO)CC(C)O1. The maximum Gasteiger partial charge on any atom is 0.283 e. The summed E-state index contributed by atoms with van der Waals surface area (Å²) in [6, 6.07) is 0. The Morgan fingerprint density at radius 1 is 1.39 bits per heavy atom. The molecule has 1 fully saturated rings. The topological polar surface area (TPSA) is 78.9 Å². The van der Waals surface area contributed by atoms with Crippen LogP contribution in [0.5, 0.6) is 0 Å². The largest absolute Gasteiger partial charge is 0.390 e. The van der Waals surface area contributed by atoms with E-state index in [4.69, 9.17) is 9.84 Å². The fourth-order valence-corrected chi connectivity index (χ4v) is 3.06. The molecule has 1 aliphatic rings. The van der Waals surface area contributed by atoms with Gasteiger partial charge in [-0.05, 0) is 13.8 Å². The molecule has 0 radical (unpaired) electrons. The van der Waals surface area contributed by atoms with E-state index in [2.05, 4.69) is 0 Å². The van der Waals surface area contributed by atoms with E-state index in [0.717, 1.165) is 4.31 Å². The summed E-state index contributed by atoms with van der Waals surface area (Å²) >= 11 is 0. The molecular weight excluding hydrogens is 270 g/mol. The molecule has 0 bridgehead atoms. The molecule has 2 N–H and O–H groups in total. The molecule has 1 heterocycles. The molecule has 0 amide bonds. The fraction of sp³-hybridized carbons (Fsp3) is 1.00. The van der Waals surface area contributed by atoms with Gasteiger partial charge in [0.2, 0.25) is 0 Å². The van der Waals surface area contributed by atoms with Crippen molar-refractivity contribution in [3.8, 4) is 0 Å². The van der Waals surface area contributed by atoms with Gasteiger partial charge in [0.15, 0.2) is 0 Å². The van der Waals surface area contributed by atoms with Crippen molar-refractivity contribution in [2.24, 2.45) is 0 Å². The molecule has 6 nitrogen and oxygen atoms in total. The Labute approximate surface area is 105 Å². The summed E-state index contributed by atoms with van der Waals surface area (Å²) in [5.41, 5.74) is 0.